The Balaban J connectivity index is 1.89. The first kappa shape index (κ1) is 12.7. The van der Waals surface area contributed by atoms with Crippen LogP contribution in [0.15, 0.2) is 35.1 Å². The number of rotatable bonds is 3. The Hall–Kier alpha value is -2.34. The highest BCUT2D eigenvalue weighted by molar-refractivity contribution is 5.41. The van der Waals surface area contributed by atoms with Gasteiger partial charge in [0.15, 0.2) is 23.4 Å². The van der Waals surface area contributed by atoms with Crippen molar-refractivity contribution in [2.75, 3.05) is 13.7 Å². The van der Waals surface area contributed by atoms with Gasteiger partial charge in [0.25, 0.3) is 5.56 Å². The molecule has 2 heterocycles. The van der Waals surface area contributed by atoms with Gasteiger partial charge in [-0.15, -0.1) is 0 Å². The number of methoxy groups -OCH3 is 1. The van der Waals surface area contributed by atoms with Gasteiger partial charge in [-0.2, -0.15) is 0 Å². The lowest BCUT2D eigenvalue weighted by Crippen LogP contribution is -2.26. The zero-order valence-corrected chi connectivity index (χ0v) is 11.0. The van der Waals surface area contributed by atoms with Gasteiger partial charge in [0.1, 0.15) is 6.61 Å². The number of nitrogens with one attached hydrogen (secondary N) is 1. The van der Waals surface area contributed by atoms with Crippen LogP contribution in [0, 0.1) is 0 Å². The molecule has 3 rings (SSSR count). The van der Waals surface area contributed by atoms with E-state index in [-0.39, 0.29) is 12.2 Å². The minimum Gasteiger partial charge on any atom is -0.485 e. The monoisotopic (exact) mass is 274 g/mol. The molecule has 104 valence electrons. The van der Waals surface area contributed by atoms with E-state index in [0.29, 0.717) is 29.6 Å². The molecule has 0 spiro atoms. The molecular weight excluding hydrogens is 260 g/mol. The number of ether oxygens (including phenoxy) is 3. The molecule has 0 saturated carbocycles. The van der Waals surface area contributed by atoms with Gasteiger partial charge < -0.3 is 19.2 Å². The predicted octanol–water partition coefficient (Wildman–Crippen LogP) is 1.43. The summed E-state index contributed by atoms with van der Waals surface area (Å²) in [6.07, 6.45) is -0.436. The molecule has 1 unspecified atom stereocenters. The van der Waals surface area contributed by atoms with Crippen LogP contribution in [-0.2, 0) is 11.3 Å². The molecule has 20 heavy (non-hydrogen) atoms. The smallest absolute Gasteiger partial charge is 0.251 e. The molecule has 1 aromatic heterocycles. The summed E-state index contributed by atoms with van der Waals surface area (Å²) >= 11 is 0. The number of aromatic nitrogens is 2. The highest BCUT2D eigenvalue weighted by atomic mass is 16.6. The second-order valence-corrected chi connectivity index (χ2v) is 4.42. The summed E-state index contributed by atoms with van der Waals surface area (Å²) in [6, 6.07) is 8.80. The summed E-state index contributed by atoms with van der Waals surface area (Å²) in [7, 11) is 1.55. The van der Waals surface area contributed by atoms with Crippen LogP contribution < -0.4 is 15.0 Å². The van der Waals surface area contributed by atoms with E-state index in [9.17, 15) is 4.79 Å². The third-order valence-electron chi connectivity index (χ3n) is 2.92. The van der Waals surface area contributed by atoms with Crippen LogP contribution >= 0.6 is 0 Å². The summed E-state index contributed by atoms with van der Waals surface area (Å²) in [5, 5.41) is 0. The molecule has 2 aromatic rings. The molecule has 0 bridgehead atoms. The fraction of sp³-hybridized carbons (Fsp3) is 0.286. The van der Waals surface area contributed by atoms with Crippen LogP contribution in [0.1, 0.15) is 17.6 Å². The number of H-pyrrole nitrogens is 1. The van der Waals surface area contributed by atoms with Crippen LogP contribution in [-0.4, -0.2) is 23.7 Å². The maximum Gasteiger partial charge on any atom is 0.251 e. The van der Waals surface area contributed by atoms with Crippen molar-refractivity contribution in [3.63, 3.8) is 0 Å². The van der Waals surface area contributed by atoms with Gasteiger partial charge in [-0.25, -0.2) is 4.98 Å². The lowest BCUT2D eigenvalue weighted by Gasteiger charge is -2.25. The number of hydrogen-bond donors (Lipinski definition) is 1. The van der Waals surface area contributed by atoms with Crippen LogP contribution in [0.4, 0.5) is 0 Å². The average Bonchev–Trinajstić information content (AvgIpc) is 2.46. The van der Waals surface area contributed by atoms with Crippen molar-refractivity contribution in [3.05, 3.63) is 52.2 Å². The Morgan fingerprint density at radius 2 is 2.20 bits per heavy atom. The predicted molar refractivity (Wildman–Crippen MR) is 70.9 cm³/mol. The van der Waals surface area contributed by atoms with Gasteiger partial charge in [0.05, 0.1) is 12.3 Å². The number of para-hydroxylation sites is 2. The molecular formula is C14H14N2O4. The molecule has 1 aliphatic heterocycles. The minimum absolute atomic E-state index is 0.232. The van der Waals surface area contributed by atoms with Crippen molar-refractivity contribution >= 4 is 0 Å². The average molecular weight is 274 g/mol. The number of hydrogen-bond acceptors (Lipinski definition) is 5. The fourth-order valence-corrected chi connectivity index (χ4v) is 2.06. The molecule has 0 aliphatic carbocycles. The van der Waals surface area contributed by atoms with Gasteiger partial charge in [-0.1, -0.05) is 12.1 Å². The molecule has 0 fully saturated rings. The van der Waals surface area contributed by atoms with Gasteiger partial charge in [0.2, 0.25) is 0 Å². The van der Waals surface area contributed by atoms with Crippen molar-refractivity contribution in [2.24, 2.45) is 0 Å². The van der Waals surface area contributed by atoms with Crippen LogP contribution in [0.5, 0.6) is 11.5 Å². The SMILES string of the molecule is COCc1cc(=O)[nH]c(C2COc3ccccc3O2)n1. The van der Waals surface area contributed by atoms with Crippen molar-refractivity contribution < 1.29 is 14.2 Å². The Morgan fingerprint density at radius 1 is 1.40 bits per heavy atom. The van der Waals surface area contributed by atoms with E-state index in [1.165, 1.54) is 6.07 Å². The summed E-state index contributed by atoms with van der Waals surface area (Å²) in [4.78, 5) is 18.6. The van der Waals surface area contributed by atoms with Crippen molar-refractivity contribution in [2.45, 2.75) is 12.7 Å². The quantitative estimate of drug-likeness (QED) is 0.916. The molecule has 1 atom stereocenters. The fourth-order valence-electron chi connectivity index (χ4n) is 2.06. The van der Waals surface area contributed by atoms with Crippen molar-refractivity contribution in [1.29, 1.82) is 0 Å². The van der Waals surface area contributed by atoms with E-state index in [4.69, 9.17) is 14.2 Å². The summed E-state index contributed by atoms with van der Waals surface area (Å²) in [6.45, 7) is 0.581. The molecule has 6 heteroatoms. The zero-order valence-electron chi connectivity index (χ0n) is 11.0. The topological polar surface area (TPSA) is 73.4 Å². The molecule has 1 N–H and O–H groups in total. The zero-order chi connectivity index (χ0) is 13.9. The Kier molecular flexibility index (Phi) is 3.39. The highest BCUT2D eigenvalue weighted by Crippen LogP contribution is 2.34. The molecule has 6 nitrogen and oxygen atoms in total. The maximum absolute atomic E-state index is 11.6. The third kappa shape index (κ3) is 2.50. The summed E-state index contributed by atoms with van der Waals surface area (Å²) < 4.78 is 16.4. The summed E-state index contributed by atoms with van der Waals surface area (Å²) in [5.41, 5.74) is 0.332. The van der Waals surface area contributed by atoms with Gasteiger partial charge in [-0.3, -0.25) is 4.79 Å². The molecule has 1 aliphatic rings. The third-order valence-corrected chi connectivity index (χ3v) is 2.92. The Labute approximate surface area is 115 Å². The second kappa shape index (κ2) is 5.34. The van der Waals surface area contributed by atoms with Crippen LogP contribution in [0.25, 0.3) is 0 Å². The van der Waals surface area contributed by atoms with Crippen molar-refractivity contribution in [1.82, 2.24) is 9.97 Å². The number of benzene rings is 1. The minimum atomic E-state index is -0.436. The van der Waals surface area contributed by atoms with Crippen molar-refractivity contribution in [3.8, 4) is 11.5 Å². The lowest BCUT2D eigenvalue weighted by molar-refractivity contribution is 0.0841. The number of nitrogens with zero attached hydrogens (tertiary/aromatic N) is 1. The maximum atomic E-state index is 11.6. The molecule has 0 radical (unpaired) electrons. The van der Waals surface area contributed by atoms with E-state index in [1.807, 2.05) is 24.3 Å². The van der Waals surface area contributed by atoms with E-state index in [0.717, 1.165) is 0 Å². The van der Waals surface area contributed by atoms with E-state index in [2.05, 4.69) is 9.97 Å². The number of aromatic amines is 1. The Bertz CT molecular complexity index is 668. The van der Waals surface area contributed by atoms with E-state index < -0.39 is 6.10 Å². The first-order valence-electron chi connectivity index (χ1n) is 6.24. The second-order valence-electron chi connectivity index (χ2n) is 4.42. The molecule has 0 amide bonds. The highest BCUT2D eigenvalue weighted by Gasteiger charge is 2.24. The standard InChI is InChI=1S/C14H14N2O4/c1-18-7-9-6-13(17)16-14(15-9)12-8-19-10-4-2-3-5-11(10)20-12/h2-6,12H,7-8H2,1H3,(H,15,16,17). The first-order valence-corrected chi connectivity index (χ1v) is 6.24. The molecule has 0 saturated heterocycles. The van der Waals surface area contributed by atoms with E-state index in [1.54, 1.807) is 7.11 Å². The summed E-state index contributed by atoms with van der Waals surface area (Å²) in [5.74, 6) is 1.78. The van der Waals surface area contributed by atoms with Gasteiger partial charge in [0, 0.05) is 13.2 Å². The van der Waals surface area contributed by atoms with E-state index >= 15 is 0 Å². The molecule has 1 aromatic carbocycles. The van der Waals surface area contributed by atoms with Crippen LogP contribution in [0.3, 0.4) is 0 Å². The lowest BCUT2D eigenvalue weighted by atomic mass is 10.2. The largest absolute Gasteiger partial charge is 0.485 e. The van der Waals surface area contributed by atoms with Gasteiger partial charge in [-0.05, 0) is 12.1 Å². The van der Waals surface area contributed by atoms with Crippen LogP contribution in [0.2, 0.25) is 0 Å². The first-order chi connectivity index (χ1) is 9.76. The normalized spacial score (nSPS) is 16.9. The van der Waals surface area contributed by atoms with Gasteiger partial charge >= 0.3 is 0 Å². The Morgan fingerprint density at radius 3 is 3.00 bits per heavy atom. The number of fused-ring (bicyclic) bond motifs is 1.